The van der Waals surface area contributed by atoms with Crippen LogP contribution < -0.4 is 4.90 Å². The molecule has 2 saturated heterocycles. The van der Waals surface area contributed by atoms with Crippen LogP contribution in [0.3, 0.4) is 0 Å². The normalized spacial score (nSPS) is 21.9. The van der Waals surface area contributed by atoms with E-state index in [0.29, 0.717) is 0 Å². The molecule has 5 rings (SSSR count). The van der Waals surface area contributed by atoms with Crippen LogP contribution in [0.2, 0.25) is 0 Å². The van der Waals surface area contributed by atoms with E-state index in [1.807, 2.05) is 45.4 Å². The van der Waals surface area contributed by atoms with Gasteiger partial charge in [0.05, 0.1) is 29.3 Å². The van der Waals surface area contributed by atoms with E-state index in [1.165, 1.54) is 0 Å². The monoisotopic (exact) mass is 420 g/mol. The smallest absolute Gasteiger partial charge is 0.255 e. The fraction of sp³-hybridized carbons (Fsp3) is 0.455. The first kappa shape index (κ1) is 19.1. The molecule has 2 aliphatic rings. The quantitative estimate of drug-likeness (QED) is 0.644. The third kappa shape index (κ3) is 3.33. The topological polar surface area (TPSA) is 77.5 Å². The standard InChI is InChI=1S/C22H24N6OS/c1-15-12-28-20(24-21(15)26-8-5-16(11-23)13-26)10-18(25-28)19-4-2-3-7-27(19)22(29)17-6-9-30-14-17/h6,9-10,12,14,16,19H,2-5,7-8,13H2,1H3. The Balaban J connectivity index is 1.46. The van der Waals surface area contributed by atoms with Crippen LogP contribution in [0.5, 0.6) is 0 Å². The van der Waals surface area contributed by atoms with Crippen LogP contribution in [0.1, 0.15) is 53.3 Å². The number of nitrogens with zero attached hydrogens (tertiary/aromatic N) is 6. The molecule has 2 aliphatic heterocycles. The van der Waals surface area contributed by atoms with Crippen molar-refractivity contribution < 1.29 is 4.79 Å². The average Bonchev–Trinajstić information content (AvgIpc) is 3.52. The lowest BCUT2D eigenvalue weighted by Gasteiger charge is -2.34. The van der Waals surface area contributed by atoms with Crippen molar-refractivity contribution in [2.75, 3.05) is 24.5 Å². The average molecular weight is 421 g/mol. The van der Waals surface area contributed by atoms with Crippen LogP contribution >= 0.6 is 11.3 Å². The van der Waals surface area contributed by atoms with Crippen LogP contribution in [-0.4, -0.2) is 45.0 Å². The number of carbonyl (C=O) groups excluding carboxylic acids is 1. The van der Waals surface area contributed by atoms with E-state index >= 15 is 0 Å². The Labute approximate surface area is 179 Å². The molecule has 154 valence electrons. The number of aromatic nitrogens is 3. The number of hydrogen-bond acceptors (Lipinski definition) is 6. The molecule has 30 heavy (non-hydrogen) atoms. The molecule has 3 aromatic heterocycles. The van der Waals surface area contributed by atoms with Crippen molar-refractivity contribution in [3.05, 3.63) is 45.9 Å². The number of amides is 1. The lowest BCUT2D eigenvalue weighted by atomic mass is 9.98. The first-order chi connectivity index (χ1) is 14.6. The first-order valence-corrected chi connectivity index (χ1v) is 11.4. The van der Waals surface area contributed by atoms with E-state index < -0.39 is 0 Å². The minimum Gasteiger partial charge on any atom is -0.355 e. The summed E-state index contributed by atoms with van der Waals surface area (Å²) in [6.45, 7) is 4.38. The summed E-state index contributed by atoms with van der Waals surface area (Å²) in [7, 11) is 0. The number of nitriles is 1. The zero-order chi connectivity index (χ0) is 20.7. The molecule has 0 radical (unpaired) electrons. The third-order valence-electron chi connectivity index (χ3n) is 6.17. The van der Waals surface area contributed by atoms with Crippen LogP contribution in [0.4, 0.5) is 5.82 Å². The fourth-order valence-corrected chi connectivity index (χ4v) is 5.22. The molecule has 0 N–H and O–H groups in total. The van der Waals surface area contributed by atoms with E-state index in [4.69, 9.17) is 10.1 Å². The van der Waals surface area contributed by atoms with Crippen LogP contribution in [0.15, 0.2) is 29.1 Å². The molecule has 0 bridgehead atoms. The lowest BCUT2D eigenvalue weighted by molar-refractivity contribution is 0.0606. The SMILES string of the molecule is Cc1cn2nc(C3CCCCN3C(=O)c3ccsc3)cc2nc1N1CCC(C#N)C1. The fourth-order valence-electron chi connectivity index (χ4n) is 4.59. The van der Waals surface area contributed by atoms with Gasteiger partial charge in [-0.25, -0.2) is 9.50 Å². The van der Waals surface area contributed by atoms with Gasteiger partial charge in [-0.05, 0) is 44.1 Å². The van der Waals surface area contributed by atoms with Crippen molar-refractivity contribution in [3.63, 3.8) is 0 Å². The van der Waals surface area contributed by atoms with Crippen molar-refractivity contribution in [2.24, 2.45) is 5.92 Å². The molecule has 2 atom stereocenters. The zero-order valence-electron chi connectivity index (χ0n) is 17.0. The van der Waals surface area contributed by atoms with Gasteiger partial charge < -0.3 is 9.80 Å². The van der Waals surface area contributed by atoms with E-state index in [-0.39, 0.29) is 17.9 Å². The molecule has 0 aromatic carbocycles. The second-order valence-electron chi connectivity index (χ2n) is 8.20. The van der Waals surface area contributed by atoms with Gasteiger partial charge in [-0.2, -0.15) is 21.7 Å². The van der Waals surface area contributed by atoms with Gasteiger partial charge in [0, 0.05) is 42.8 Å². The second-order valence-corrected chi connectivity index (χ2v) is 8.98. The summed E-state index contributed by atoms with van der Waals surface area (Å²) in [5, 5.41) is 17.9. The molecule has 2 fully saturated rings. The highest BCUT2D eigenvalue weighted by Gasteiger charge is 2.31. The largest absolute Gasteiger partial charge is 0.355 e. The maximum Gasteiger partial charge on any atom is 0.255 e. The Bertz CT molecular complexity index is 1110. The van der Waals surface area contributed by atoms with Gasteiger partial charge in [0.25, 0.3) is 5.91 Å². The molecule has 0 spiro atoms. The predicted octanol–water partition coefficient (Wildman–Crippen LogP) is 3.82. The summed E-state index contributed by atoms with van der Waals surface area (Å²) in [4.78, 5) is 22.1. The highest BCUT2D eigenvalue weighted by atomic mass is 32.1. The number of hydrogen-bond donors (Lipinski definition) is 0. The van der Waals surface area contributed by atoms with Crippen molar-refractivity contribution in [2.45, 2.75) is 38.6 Å². The number of rotatable bonds is 3. The van der Waals surface area contributed by atoms with Gasteiger partial charge in [-0.3, -0.25) is 4.79 Å². The molecular formula is C22H24N6OS. The van der Waals surface area contributed by atoms with Crippen molar-refractivity contribution in [3.8, 4) is 6.07 Å². The minimum absolute atomic E-state index is 0.0219. The van der Waals surface area contributed by atoms with Crippen LogP contribution in [0.25, 0.3) is 5.65 Å². The number of piperidine rings is 1. The number of likely N-dealkylation sites (tertiary alicyclic amines) is 1. The summed E-state index contributed by atoms with van der Waals surface area (Å²) >= 11 is 1.55. The summed E-state index contributed by atoms with van der Waals surface area (Å²) in [6.07, 6.45) is 5.93. The number of thiophene rings is 1. The summed E-state index contributed by atoms with van der Waals surface area (Å²) in [5.41, 5.74) is 3.50. The highest BCUT2D eigenvalue weighted by Crippen LogP contribution is 2.33. The number of carbonyl (C=O) groups is 1. The first-order valence-electron chi connectivity index (χ1n) is 10.5. The molecule has 7 nitrogen and oxygen atoms in total. The van der Waals surface area contributed by atoms with Crippen molar-refractivity contribution >= 4 is 28.7 Å². The Morgan fingerprint density at radius 1 is 1.30 bits per heavy atom. The van der Waals surface area contributed by atoms with Crippen molar-refractivity contribution in [1.29, 1.82) is 5.26 Å². The molecule has 0 saturated carbocycles. The summed E-state index contributed by atoms with van der Waals surface area (Å²) in [6, 6.07) is 6.26. The Morgan fingerprint density at radius 3 is 2.97 bits per heavy atom. The Morgan fingerprint density at radius 2 is 2.20 bits per heavy atom. The van der Waals surface area contributed by atoms with Gasteiger partial charge in [-0.1, -0.05) is 0 Å². The van der Waals surface area contributed by atoms with Gasteiger partial charge in [0.15, 0.2) is 5.65 Å². The molecule has 0 aliphatic carbocycles. The summed E-state index contributed by atoms with van der Waals surface area (Å²) < 4.78 is 1.83. The molecule has 5 heterocycles. The minimum atomic E-state index is -0.0219. The number of aryl methyl sites for hydroxylation is 1. The Kier molecular flexibility index (Phi) is 4.91. The van der Waals surface area contributed by atoms with Gasteiger partial charge in [0.1, 0.15) is 5.82 Å². The number of fused-ring (bicyclic) bond motifs is 1. The van der Waals surface area contributed by atoms with Gasteiger partial charge in [-0.15, -0.1) is 0 Å². The predicted molar refractivity (Wildman–Crippen MR) is 116 cm³/mol. The van der Waals surface area contributed by atoms with E-state index in [2.05, 4.69) is 11.0 Å². The van der Waals surface area contributed by atoms with Crippen molar-refractivity contribution in [1.82, 2.24) is 19.5 Å². The number of anilines is 1. The van der Waals surface area contributed by atoms with E-state index in [0.717, 1.165) is 73.6 Å². The maximum atomic E-state index is 13.1. The summed E-state index contributed by atoms with van der Waals surface area (Å²) in [5.74, 6) is 1.09. The molecule has 2 unspecified atom stereocenters. The van der Waals surface area contributed by atoms with E-state index in [1.54, 1.807) is 11.3 Å². The molecular weight excluding hydrogens is 396 g/mol. The maximum absolute atomic E-state index is 13.1. The third-order valence-corrected chi connectivity index (χ3v) is 6.85. The molecule has 3 aromatic rings. The lowest BCUT2D eigenvalue weighted by Crippen LogP contribution is -2.38. The molecule has 1 amide bonds. The van der Waals surface area contributed by atoms with Gasteiger partial charge >= 0.3 is 0 Å². The van der Waals surface area contributed by atoms with Gasteiger partial charge in [0.2, 0.25) is 0 Å². The second kappa shape index (κ2) is 7.73. The Hall–Kier alpha value is -2.92. The van der Waals surface area contributed by atoms with Crippen LogP contribution in [0, 0.1) is 24.2 Å². The molecule has 8 heteroatoms. The zero-order valence-corrected chi connectivity index (χ0v) is 17.8. The van der Waals surface area contributed by atoms with Crippen LogP contribution in [-0.2, 0) is 0 Å². The highest BCUT2D eigenvalue weighted by molar-refractivity contribution is 7.08. The van der Waals surface area contributed by atoms with E-state index in [9.17, 15) is 10.1 Å².